The molecule has 4 heteroatoms. The molecule has 10 aromatic rings. The van der Waals surface area contributed by atoms with Crippen LogP contribution in [-0.4, -0.2) is 19.1 Å². The first-order valence-corrected chi connectivity index (χ1v) is 16.3. The smallest absolute Gasteiger partial charge is 0.0973 e. The predicted molar refractivity (Wildman–Crippen MR) is 199 cm³/mol. The van der Waals surface area contributed by atoms with Crippen LogP contribution in [0.5, 0.6) is 0 Å². The number of benzene rings is 7. The van der Waals surface area contributed by atoms with Crippen LogP contribution in [0.2, 0.25) is 0 Å². The van der Waals surface area contributed by atoms with Gasteiger partial charge < -0.3 is 9.13 Å². The molecule has 0 unspecified atom stereocenters. The molecule has 0 radical (unpaired) electrons. The lowest BCUT2D eigenvalue weighted by atomic mass is 10.0. The van der Waals surface area contributed by atoms with Crippen LogP contribution in [0.3, 0.4) is 0 Å². The number of rotatable bonds is 4. The third-order valence-corrected chi connectivity index (χ3v) is 9.48. The van der Waals surface area contributed by atoms with Gasteiger partial charge in [-0.25, -0.2) is 9.97 Å². The second kappa shape index (κ2) is 10.5. The average Bonchev–Trinajstić information content (AvgIpc) is 3.68. The van der Waals surface area contributed by atoms with E-state index in [1.165, 1.54) is 38.1 Å². The van der Waals surface area contributed by atoms with Crippen molar-refractivity contribution in [2.45, 2.75) is 0 Å². The second-order valence-electron chi connectivity index (χ2n) is 12.2. The van der Waals surface area contributed by atoms with Crippen molar-refractivity contribution in [2.75, 3.05) is 0 Å². The first-order chi connectivity index (χ1) is 23.8. The number of aromatic nitrogens is 4. The fraction of sp³-hybridized carbons (Fsp3) is 0. The van der Waals surface area contributed by atoms with Crippen LogP contribution in [0.1, 0.15) is 0 Å². The molecule has 0 saturated carbocycles. The standard InChI is InChI=1S/C44H28N4/c1-4-14-29(15-5-1)41-42(30-16-6-2-7-17-30)46-38-28-32(24-27-37(38)45-41)48-40-23-13-11-21-34(40)36-26-25-35-33-20-10-12-22-39(33)47(43(35)44(36)48)31-18-8-3-9-19-31/h1-28H. The van der Waals surface area contributed by atoms with Gasteiger partial charge in [0, 0.05) is 44.0 Å². The molecule has 10 rings (SSSR count). The Hall–Kier alpha value is -6.52. The monoisotopic (exact) mass is 612 g/mol. The van der Waals surface area contributed by atoms with Crippen LogP contribution in [0.15, 0.2) is 170 Å². The van der Waals surface area contributed by atoms with Crippen LogP contribution < -0.4 is 0 Å². The van der Waals surface area contributed by atoms with E-state index in [-0.39, 0.29) is 0 Å². The molecule has 0 saturated heterocycles. The van der Waals surface area contributed by atoms with Gasteiger partial charge in [0.2, 0.25) is 0 Å². The lowest BCUT2D eigenvalue weighted by Gasteiger charge is -2.14. The summed E-state index contributed by atoms with van der Waals surface area (Å²) in [6.45, 7) is 0. The van der Waals surface area contributed by atoms with Crippen molar-refractivity contribution in [1.29, 1.82) is 0 Å². The van der Waals surface area contributed by atoms with Gasteiger partial charge >= 0.3 is 0 Å². The Balaban J connectivity index is 1.32. The zero-order valence-corrected chi connectivity index (χ0v) is 26.0. The maximum absolute atomic E-state index is 5.33. The Morgan fingerprint density at radius 2 is 0.792 bits per heavy atom. The molecular formula is C44H28N4. The van der Waals surface area contributed by atoms with Crippen LogP contribution in [0.25, 0.3) is 88.5 Å². The van der Waals surface area contributed by atoms with Gasteiger partial charge in [-0.15, -0.1) is 0 Å². The minimum absolute atomic E-state index is 0.854. The summed E-state index contributed by atoms with van der Waals surface area (Å²) in [5, 5.41) is 4.90. The van der Waals surface area contributed by atoms with E-state index < -0.39 is 0 Å². The van der Waals surface area contributed by atoms with Gasteiger partial charge in [-0.05, 0) is 42.5 Å². The molecule has 0 amide bonds. The minimum Gasteiger partial charge on any atom is -0.307 e. The van der Waals surface area contributed by atoms with Crippen LogP contribution in [0.4, 0.5) is 0 Å². The summed E-state index contributed by atoms with van der Waals surface area (Å²) in [6, 6.07) is 59.9. The Kier molecular flexibility index (Phi) is 5.84. The van der Waals surface area contributed by atoms with Gasteiger partial charge in [0.05, 0.1) is 44.5 Å². The molecule has 3 heterocycles. The first-order valence-electron chi connectivity index (χ1n) is 16.3. The summed E-state index contributed by atoms with van der Waals surface area (Å²) in [7, 11) is 0. The lowest BCUT2D eigenvalue weighted by molar-refractivity contribution is 1.15. The van der Waals surface area contributed by atoms with Crippen molar-refractivity contribution in [3.8, 4) is 33.9 Å². The fourth-order valence-corrected chi connectivity index (χ4v) is 7.39. The summed E-state index contributed by atoms with van der Waals surface area (Å²) in [6.07, 6.45) is 0. The molecule has 7 aromatic carbocycles. The van der Waals surface area contributed by atoms with E-state index in [1.807, 2.05) is 12.1 Å². The molecule has 0 N–H and O–H groups in total. The van der Waals surface area contributed by atoms with Crippen LogP contribution in [-0.2, 0) is 0 Å². The van der Waals surface area contributed by atoms with Gasteiger partial charge in [-0.1, -0.05) is 127 Å². The average molecular weight is 613 g/mol. The van der Waals surface area contributed by atoms with E-state index in [0.717, 1.165) is 50.4 Å². The summed E-state index contributed by atoms with van der Waals surface area (Å²) in [5.74, 6) is 0. The molecule has 0 fully saturated rings. The molecular weight excluding hydrogens is 585 g/mol. The van der Waals surface area contributed by atoms with E-state index in [4.69, 9.17) is 9.97 Å². The molecule has 224 valence electrons. The number of hydrogen-bond donors (Lipinski definition) is 0. The Labute approximate surface area is 276 Å². The molecule has 4 nitrogen and oxygen atoms in total. The van der Waals surface area contributed by atoms with Gasteiger partial charge in [0.1, 0.15) is 0 Å². The summed E-state index contributed by atoms with van der Waals surface area (Å²) >= 11 is 0. The van der Waals surface area contributed by atoms with Gasteiger partial charge in [0.15, 0.2) is 0 Å². The Bertz CT molecular complexity index is 2810. The molecule has 3 aromatic heterocycles. The highest BCUT2D eigenvalue weighted by Gasteiger charge is 2.21. The largest absolute Gasteiger partial charge is 0.307 e. The highest BCUT2D eigenvalue weighted by Crippen LogP contribution is 2.42. The van der Waals surface area contributed by atoms with E-state index in [2.05, 4.69) is 167 Å². The number of para-hydroxylation sites is 3. The summed E-state index contributed by atoms with van der Waals surface area (Å²) in [5.41, 5.74) is 12.5. The van der Waals surface area contributed by atoms with Crippen molar-refractivity contribution in [2.24, 2.45) is 0 Å². The van der Waals surface area contributed by atoms with Crippen LogP contribution >= 0.6 is 0 Å². The minimum atomic E-state index is 0.854. The van der Waals surface area contributed by atoms with Crippen molar-refractivity contribution in [3.63, 3.8) is 0 Å². The summed E-state index contributed by atoms with van der Waals surface area (Å²) in [4.78, 5) is 10.6. The topological polar surface area (TPSA) is 35.6 Å². The summed E-state index contributed by atoms with van der Waals surface area (Å²) < 4.78 is 4.84. The predicted octanol–water partition coefficient (Wildman–Crippen LogP) is 11.2. The highest BCUT2D eigenvalue weighted by molar-refractivity contribution is 6.23. The third kappa shape index (κ3) is 3.96. The lowest BCUT2D eigenvalue weighted by Crippen LogP contribution is -2.00. The van der Waals surface area contributed by atoms with E-state index in [9.17, 15) is 0 Å². The molecule has 0 aliphatic heterocycles. The van der Waals surface area contributed by atoms with E-state index in [0.29, 0.717) is 0 Å². The molecule has 48 heavy (non-hydrogen) atoms. The molecule has 0 spiro atoms. The molecule has 0 aliphatic carbocycles. The highest BCUT2D eigenvalue weighted by atomic mass is 15.0. The van der Waals surface area contributed by atoms with Crippen molar-refractivity contribution in [3.05, 3.63) is 170 Å². The Morgan fingerprint density at radius 1 is 0.333 bits per heavy atom. The maximum Gasteiger partial charge on any atom is 0.0973 e. The van der Waals surface area contributed by atoms with Crippen LogP contribution in [0, 0.1) is 0 Å². The van der Waals surface area contributed by atoms with Gasteiger partial charge in [-0.3, -0.25) is 0 Å². The number of hydrogen-bond acceptors (Lipinski definition) is 2. The van der Waals surface area contributed by atoms with E-state index >= 15 is 0 Å². The zero-order valence-electron chi connectivity index (χ0n) is 26.0. The Morgan fingerprint density at radius 3 is 1.35 bits per heavy atom. The number of fused-ring (bicyclic) bond motifs is 8. The maximum atomic E-state index is 5.33. The SMILES string of the molecule is c1ccc(-c2nc3ccc(-n4c5ccccc5c5ccc6c7ccccc7n(-c7ccccc7)c6c54)cc3nc2-c2ccccc2)cc1. The molecule has 0 atom stereocenters. The second-order valence-corrected chi connectivity index (χ2v) is 12.2. The molecule has 0 aliphatic rings. The zero-order chi connectivity index (χ0) is 31.6. The number of nitrogens with zero attached hydrogens (tertiary/aromatic N) is 4. The van der Waals surface area contributed by atoms with E-state index in [1.54, 1.807) is 0 Å². The van der Waals surface area contributed by atoms with Gasteiger partial charge in [-0.2, -0.15) is 0 Å². The van der Waals surface area contributed by atoms with Gasteiger partial charge in [0.25, 0.3) is 0 Å². The third-order valence-electron chi connectivity index (χ3n) is 9.48. The fourth-order valence-electron chi connectivity index (χ4n) is 7.39. The van der Waals surface area contributed by atoms with Crippen molar-refractivity contribution >= 4 is 54.6 Å². The van der Waals surface area contributed by atoms with Crippen molar-refractivity contribution in [1.82, 2.24) is 19.1 Å². The van der Waals surface area contributed by atoms with Crippen molar-refractivity contribution < 1.29 is 0 Å². The molecule has 0 bridgehead atoms. The quantitative estimate of drug-likeness (QED) is 0.198. The first kappa shape index (κ1) is 26.7. The normalized spacial score (nSPS) is 11.8.